The number of aldehydes is 1. The van der Waals surface area contributed by atoms with Gasteiger partial charge >= 0.3 is 0 Å². The SMILES string of the molecule is C/C(=C\C=O)CCC1OC1(C)C. The van der Waals surface area contributed by atoms with E-state index in [0.29, 0.717) is 6.10 Å². The topological polar surface area (TPSA) is 29.6 Å². The van der Waals surface area contributed by atoms with Crippen molar-refractivity contribution < 1.29 is 9.53 Å². The summed E-state index contributed by atoms with van der Waals surface area (Å²) in [5.74, 6) is 0. The maximum Gasteiger partial charge on any atom is 0.142 e. The monoisotopic (exact) mass is 168 g/mol. The number of epoxide rings is 1. The van der Waals surface area contributed by atoms with Gasteiger partial charge in [-0.3, -0.25) is 4.79 Å². The molecule has 2 heteroatoms. The highest BCUT2D eigenvalue weighted by atomic mass is 16.6. The molecule has 1 heterocycles. The van der Waals surface area contributed by atoms with Crippen molar-refractivity contribution in [2.45, 2.75) is 45.3 Å². The summed E-state index contributed by atoms with van der Waals surface area (Å²) in [7, 11) is 0. The third-order valence-corrected chi connectivity index (χ3v) is 2.32. The van der Waals surface area contributed by atoms with E-state index in [-0.39, 0.29) is 5.60 Å². The van der Waals surface area contributed by atoms with Crippen LogP contribution < -0.4 is 0 Å². The summed E-state index contributed by atoms with van der Waals surface area (Å²) >= 11 is 0. The highest BCUT2D eigenvalue weighted by molar-refractivity contribution is 5.65. The van der Waals surface area contributed by atoms with Crippen LogP contribution >= 0.6 is 0 Å². The molecule has 68 valence electrons. The van der Waals surface area contributed by atoms with Crippen LogP contribution in [0.3, 0.4) is 0 Å². The smallest absolute Gasteiger partial charge is 0.142 e. The van der Waals surface area contributed by atoms with Gasteiger partial charge in [0.15, 0.2) is 0 Å². The molecular weight excluding hydrogens is 152 g/mol. The minimum Gasteiger partial charge on any atom is -0.367 e. The maximum atomic E-state index is 10.1. The predicted octanol–water partition coefficient (Wildman–Crippen LogP) is 2.09. The average molecular weight is 168 g/mol. The minimum absolute atomic E-state index is 0.0848. The van der Waals surface area contributed by atoms with Crippen molar-refractivity contribution in [2.24, 2.45) is 0 Å². The third kappa shape index (κ3) is 2.45. The van der Waals surface area contributed by atoms with E-state index >= 15 is 0 Å². The molecule has 1 unspecified atom stereocenters. The summed E-state index contributed by atoms with van der Waals surface area (Å²) in [6.07, 6.45) is 4.85. The molecule has 1 saturated heterocycles. The number of carbonyl (C=O) groups is 1. The molecule has 1 rings (SSSR count). The summed E-state index contributed by atoms with van der Waals surface area (Å²) in [5.41, 5.74) is 1.22. The molecule has 0 radical (unpaired) electrons. The zero-order valence-electron chi connectivity index (χ0n) is 7.96. The standard InChI is InChI=1S/C10H16O2/c1-8(6-7-11)4-5-9-10(2,3)12-9/h6-7,9H,4-5H2,1-3H3/b8-6+. The van der Waals surface area contributed by atoms with Gasteiger partial charge in [0.2, 0.25) is 0 Å². The molecule has 0 aromatic carbocycles. The van der Waals surface area contributed by atoms with Crippen LogP contribution in [0.1, 0.15) is 33.6 Å². The van der Waals surface area contributed by atoms with Gasteiger partial charge in [-0.25, -0.2) is 0 Å². The van der Waals surface area contributed by atoms with E-state index < -0.39 is 0 Å². The molecule has 12 heavy (non-hydrogen) atoms. The molecule has 1 aliphatic rings. The number of hydrogen-bond acceptors (Lipinski definition) is 2. The van der Waals surface area contributed by atoms with Crippen LogP contribution in [0, 0.1) is 0 Å². The van der Waals surface area contributed by atoms with Crippen molar-refractivity contribution in [3.05, 3.63) is 11.6 Å². The van der Waals surface area contributed by atoms with E-state index in [1.54, 1.807) is 6.08 Å². The molecule has 2 nitrogen and oxygen atoms in total. The first-order valence-corrected chi connectivity index (χ1v) is 4.35. The Morgan fingerprint density at radius 2 is 2.17 bits per heavy atom. The van der Waals surface area contributed by atoms with E-state index in [1.165, 1.54) is 0 Å². The Bertz CT molecular complexity index is 204. The van der Waals surface area contributed by atoms with Gasteiger partial charge in [-0.05, 0) is 39.7 Å². The average Bonchev–Trinajstić information content (AvgIpc) is 2.56. The fraction of sp³-hybridized carbons (Fsp3) is 0.700. The van der Waals surface area contributed by atoms with E-state index in [2.05, 4.69) is 13.8 Å². The summed E-state index contributed by atoms with van der Waals surface area (Å²) in [4.78, 5) is 10.1. The first kappa shape index (κ1) is 9.46. The van der Waals surface area contributed by atoms with Crippen LogP contribution in [0.4, 0.5) is 0 Å². The van der Waals surface area contributed by atoms with Gasteiger partial charge < -0.3 is 4.74 Å². The Hall–Kier alpha value is -0.630. The van der Waals surface area contributed by atoms with E-state index in [9.17, 15) is 4.79 Å². The van der Waals surface area contributed by atoms with Gasteiger partial charge in [0.05, 0.1) is 11.7 Å². The molecule has 0 bridgehead atoms. The number of carbonyl (C=O) groups excluding carboxylic acids is 1. The van der Waals surface area contributed by atoms with Gasteiger partial charge in [-0.15, -0.1) is 0 Å². The zero-order chi connectivity index (χ0) is 9.19. The molecule has 0 N–H and O–H groups in total. The van der Waals surface area contributed by atoms with Gasteiger partial charge in [0.1, 0.15) is 6.29 Å². The van der Waals surface area contributed by atoms with E-state index in [4.69, 9.17) is 4.74 Å². The van der Waals surface area contributed by atoms with Gasteiger partial charge in [0, 0.05) is 0 Å². The second-order valence-corrected chi connectivity index (χ2v) is 3.90. The fourth-order valence-electron chi connectivity index (χ4n) is 1.30. The quantitative estimate of drug-likeness (QED) is 0.365. The maximum absolute atomic E-state index is 10.1. The number of rotatable bonds is 4. The fourth-order valence-corrected chi connectivity index (χ4v) is 1.30. The molecule has 0 aromatic rings. The first-order valence-electron chi connectivity index (χ1n) is 4.35. The summed E-state index contributed by atoms with van der Waals surface area (Å²) in [5, 5.41) is 0. The summed E-state index contributed by atoms with van der Waals surface area (Å²) in [6, 6.07) is 0. The number of allylic oxidation sites excluding steroid dienone is 2. The van der Waals surface area contributed by atoms with Gasteiger partial charge in [0.25, 0.3) is 0 Å². The Kier molecular flexibility index (Phi) is 2.68. The van der Waals surface area contributed by atoms with Crippen molar-refractivity contribution >= 4 is 6.29 Å². The van der Waals surface area contributed by atoms with Crippen LogP contribution in [-0.4, -0.2) is 18.0 Å². The van der Waals surface area contributed by atoms with Crippen LogP contribution in [0.15, 0.2) is 11.6 Å². The minimum atomic E-state index is 0.0848. The second kappa shape index (κ2) is 3.40. The Morgan fingerprint density at radius 1 is 1.58 bits per heavy atom. The van der Waals surface area contributed by atoms with Gasteiger partial charge in [-0.2, -0.15) is 0 Å². The van der Waals surface area contributed by atoms with Gasteiger partial charge in [-0.1, -0.05) is 5.57 Å². The summed E-state index contributed by atoms with van der Waals surface area (Å²) in [6.45, 7) is 6.16. The molecule has 0 amide bonds. The van der Waals surface area contributed by atoms with Crippen molar-refractivity contribution in [2.75, 3.05) is 0 Å². The molecule has 0 aromatic heterocycles. The molecular formula is C10H16O2. The van der Waals surface area contributed by atoms with Crippen LogP contribution in [0.5, 0.6) is 0 Å². The molecule has 1 fully saturated rings. The highest BCUT2D eigenvalue weighted by Crippen LogP contribution is 2.38. The van der Waals surface area contributed by atoms with Crippen molar-refractivity contribution in [1.29, 1.82) is 0 Å². The zero-order valence-corrected chi connectivity index (χ0v) is 7.96. The van der Waals surface area contributed by atoms with Crippen LogP contribution in [-0.2, 0) is 9.53 Å². The first-order chi connectivity index (χ1) is 5.56. The molecule has 1 atom stereocenters. The van der Waals surface area contributed by atoms with Crippen molar-refractivity contribution in [3.63, 3.8) is 0 Å². The lowest BCUT2D eigenvalue weighted by Gasteiger charge is -1.97. The lowest BCUT2D eigenvalue weighted by molar-refractivity contribution is -0.104. The van der Waals surface area contributed by atoms with Crippen molar-refractivity contribution in [3.8, 4) is 0 Å². The second-order valence-electron chi connectivity index (χ2n) is 3.90. The summed E-state index contributed by atoms with van der Waals surface area (Å²) < 4.78 is 5.42. The number of hydrogen-bond donors (Lipinski definition) is 0. The molecule has 0 saturated carbocycles. The third-order valence-electron chi connectivity index (χ3n) is 2.32. The lowest BCUT2D eigenvalue weighted by atomic mass is 10.0. The van der Waals surface area contributed by atoms with Crippen LogP contribution in [0.25, 0.3) is 0 Å². The Balaban J connectivity index is 2.19. The van der Waals surface area contributed by atoms with Crippen LogP contribution in [0.2, 0.25) is 0 Å². The van der Waals surface area contributed by atoms with Crippen molar-refractivity contribution in [1.82, 2.24) is 0 Å². The van der Waals surface area contributed by atoms with E-state index in [0.717, 1.165) is 24.7 Å². The van der Waals surface area contributed by atoms with E-state index in [1.807, 2.05) is 6.92 Å². The number of ether oxygens (including phenoxy) is 1. The Labute approximate surface area is 73.6 Å². The molecule has 0 aliphatic carbocycles. The Morgan fingerprint density at radius 3 is 2.58 bits per heavy atom. The molecule has 0 spiro atoms. The lowest BCUT2D eigenvalue weighted by Crippen LogP contribution is -2.02. The highest BCUT2D eigenvalue weighted by Gasteiger charge is 2.46. The predicted molar refractivity (Wildman–Crippen MR) is 48.0 cm³/mol. The largest absolute Gasteiger partial charge is 0.367 e. The normalized spacial score (nSPS) is 26.9. The molecule has 1 aliphatic heterocycles.